The second-order valence-electron chi connectivity index (χ2n) is 3.78. The van der Waals surface area contributed by atoms with Gasteiger partial charge in [0.15, 0.2) is 0 Å². The fourth-order valence-corrected chi connectivity index (χ4v) is 3.26. The molecule has 3 nitrogen and oxygen atoms in total. The Labute approximate surface area is 123 Å². The maximum atomic E-state index is 5.26. The van der Waals surface area contributed by atoms with Crippen LogP contribution >= 0.6 is 31.9 Å². The Balaban J connectivity index is 1.97. The van der Waals surface area contributed by atoms with Gasteiger partial charge in [0, 0.05) is 6.54 Å². The molecule has 0 aliphatic carbocycles. The van der Waals surface area contributed by atoms with Crippen molar-refractivity contribution < 1.29 is 9.15 Å². The van der Waals surface area contributed by atoms with Crippen LogP contribution in [0.25, 0.3) is 0 Å². The molecule has 1 N–H and O–H groups in total. The molecule has 0 atom stereocenters. The highest BCUT2D eigenvalue weighted by Crippen LogP contribution is 2.34. The van der Waals surface area contributed by atoms with Gasteiger partial charge >= 0.3 is 0 Å². The number of hydrogen-bond acceptors (Lipinski definition) is 3. The highest BCUT2D eigenvalue weighted by molar-refractivity contribution is 9.11. The smallest absolute Gasteiger partial charge is 0.147 e. The van der Waals surface area contributed by atoms with Crippen LogP contribution in [0, 0.1) is 0 Å². The van der Waals surface area contributed by atoms with E-state index in [1.807, 2.05) is 24.3 Å². The maximum Gasteiger partial charge on any atom is 0.147 e. The third-order valence-electron chi connectivity index (χ3n) is 2.47. The van der Waals surface area contributed by atoms with Crippen LogP contribution in [0.15, 0.2) is 43.9 Å². The number of rotatable bonds is 5. The van der Waals surface area contributed by atoms with E-state index in [2.05, 4.69) is 37.2 Å². The first-order valence-electron chi connectivity index (χ1n) is 5.45. The molecule has 1 aromatic heterocycles. The summed E-state index contributed by atoms with van der Waals surface area (Å²) in [7, 11) is 1.65. The van der Waals surface area contributed by atoms with Crippen molar-refractivity contribution in [3.63, 3.8) is 0 Å². The molecule has 0 fully saturated rings. The summed E-state index contributed by atoms with van der Waals surface area (Å²) in [6.07, 6.45) is 1.68. The lowest BCUT2D eigenvalue weighted by Gasteiger charge is -2.09. The van der Waals surface area contributed by atoms with Gasteiger partial charge in [0.25, 0.3) is 0 Å². The molecule has 18 heavy (non-hydrogen) atoms. The minimum absolute atomic E-state index is 0.717. The number of methoxy groups -OCH3 is 1. The molecule has 2 rings (SSSR count). The zero-order valence-corrected chi connectivity index (χ0v) is 13.0. The van der Waals surface area contributed by atoms with E-state index in [0.29, 0.717) is 6.54 Å². The first-order chi connectivity index (χ1) is 8.70. The van der Waals surface area contributed by atoms with E-state index in [1.54, 1.807) is 13.4 Å². The molecule has 0 unspecified atom stereocenters. The van der Waals surface area contributed by atoms with Crippen LogP contribution in [0.1, 0.15) is 11.3 Å². The van der Waals surface area contributed by atoms with Crippen molar-refractivity contribution in [3.8, 4) is 5.75 Å². The van der Waals surface area contributed by atoms with Gasteiger partial charge in [0.05, 0.1) is 28.9 Å². The summed E-state index contributed by atoms with van der Waals surface area (Å²) in [5.74, 6) is 1.74. The summed E-state index contributed by atoms with van der Waals surface area (Å²) in [5.41, 5.74) is 1.17. The van der Waals surface area contributed by atoms with Crippen molar-refractivity contribution in [1.82, 2.24) is 5.32 Å². The monoisotopic (exact) mass is 373 g/mol. The SMILES string of the molecule is COc1c(Br)cc(CNCc2ccco2)cc1Br. The molecule has 0 radical (unpaired) electrons. The summed E-state index contributed by atoms with van der Waals surface area (Å²) in [5, 5.41) is 3.32. The molecule has 0 amide bonds. The Hall–Kier alpha value is -0.780. The lowest BCUT2D eigenvalue weighted by Crippen LogP contribution is -2.12. The summed E-state index contributed by atoms with van der Waals surface area (Å²) in [6, 6.07) is 7.92. The first kappa shape index (κ1) is 13.6. The van der Waals surface area contributed by atoms with Crippen molar-refractivity contribution in [2.75, 3.05) is 7.11 Å². The molecular weight excluding hydrogens is 362 g/mol. The number of hydrogen-bond donors (Lipinski definition) is 1. The van der Waals surface area contributed by atoms with Gasteiger partial charge in [-0.2, -0.15) is 0 Å². The largest absolute Gasteiger partial charge is 0.494 e. The first-order valence-corrected chi connectivity index (χ1v) is 7.04. The number of furan rings is 1. The van der Waals surface area contributed by atoms with E-state index >= 15 is 0 Å². The molecular formula is C13H13Br2NO2. The minimum atomic E-state index is 0.717. The number of nitrogens with one attached hydrogen (secondary N) is 1. The summed E-state index contributed by atoms with van der Waals surface area (Å²) in [4.78, 5) is 0. The molecule has 5 heteroatoms. The Morgan fingerprint density at radius 3 is 2.50 bits per heavy atom. The van der Waals surface area contributed by atoms with E-state index in [-0.39, 0.29) is 0 Å². The second-order valence-corrected chi connectivity index (χ2v) is 5.48. The van der Waals surface area contributed by atoms with Gasteiger partial charge in [-0.1, -0.05) is 0 Å². The Morgan fingerprint density at radius 1 is 1.22 bits per heavy atom. The van der Waals surface area contributed by atoms with Gasteiger partial charge in [-0.05, 0) is 61.7 Å². The van der Waals surface area contributed by atoms with Crippen LogP contribution in [0.4, 0.5) is 0 Å². The summed E-state index contributed by atoms with van der Waals surface area (Å²) >= 11 is 6.97. The summed E-state index contributed by atoms with van der Waals surface area (Å²) in [6.45, 7) is 1.48. The highest BCUT2D eigenvalue weighted by Gasteiger charge is 2.07. The third kappa shape index (κ3) is 3.37. The van der Waals surface area contributed by atoms with Crippen LogP contribution in [-0.2, 0) is 13.1 Å². The zero-order chi connectivity index (χ0) is 13.0. The van der Waals surface area contributed by atoms with E-state index in [0.717, 1.165) is 27.0 Å². The topological polar surface area (TPSA) is 34.4 Å². The molecule has 0 aliphatic rings. The third-order valence-corrected chi connectivity index (χ3v) is 3.65. The zero-order valence-electron chi connectivity index (χ0n) is 9.87. The Kier molecular flexibility index (Phi) is 4.86. The second kappa shape index (κ2) is 6.41. The Morgan fingerprint density at radius 2 is 1.94 bits per heavy atom. The van der Waals surface area contributed by atoms with Crippen LogP contribution in [-0.4, -0.2) is 7.11 Å². The van der Waals surface area contributed by atoms with E-state index in [4.69, 9.17) is 9.15 Å². The van der Waals surface area contributed by atoms with Crippen molar-refractivity contribution in [2.45, 2.75) is 13.1 Å². The van der Waals surface area contributed by atoms with Crippen LogP contribution in [0.2, 0.25) is 0 Å². The van der Waals surface area contributed by atoms with Gasteiger partial charge < -0.3 is 14.5 Å². The van der Waals surface area contributed by atoms with Gasteiger partial charge in [0.1, 0.15) is 11.5 Å². The molecule has 2 aromatic rings. The molecule has 1 aromatic carbocycles. The van der Waals surface area contributed by atoms with E-state index in [9.17, 15) is 0 Å². The molecule has 0 saturated heterocycles. The maximum absolute atomic E-state index is 5.26. The lowest BCUT2D eigenvalue weighted by molar-refractivity contribution is 0.409. The molecule has 0 spiro atoms. The quantitative estimate of drug-likeness (QED) is 0.855. The number of benzene rings is 1. The van der Waals surface area contributed by atoms with Crippen LogP contribution in [0.5, 0.6) is 5.75 Å². The minimum Gasteiger partial charge on any atom is -0.494 e. The Bertz CT molecular complexity index is 489. The summed E-state index contributed by atoms with van der Waals surface area (Å²) < 4.78 is 12.4. The average Bonchev–Trinajstić information content (AvgIpc) is 2.82. The normalized spacial score (nSPS) is 10.6. The van der Waals surface area contributed by atoms with Crippen molar-refractivity contribution in [2.24, 2.45) is 0 Å². The van der Waals surface area contributed by atoms with Crippen LogP contribution < -0.4 is 10.1 Å². The predicted molar refractivity (Wildman–Crippen MR) is 77.6 cm³/mol. The molecule has 1 heterocycles. The van der Waals surface area contributed by atoms with Gasteiger partial charge in [-0.25, -0.2) is 0 Å². The van der Waals surface area contributed by atoms with Crippen LogP contribution in [0.3, 0.4) is 0 Å². The number of halogens is 2. The fraction of sp³-hybridized carbons (Fsp3) is 0.231. The van der Waals surface area contributed by atoms with Gasteiger partial charge in [-0.3, -0.25) is 0 Å². The van der Waals surface area contributed by atoms with Gasteiger partial charge in [0.2, 0.25) is 0 Å². The predicted octanol–water partition coefficient (Wildman–Crippen LogP) is 4.10. The van der Waals surface area contributed by atoms with Crippen molar-refractivity contribution in [1.29, 1.82) is 0 Å². The molecule has 96 valence electrons. The van der Waals surface area contributed by atoms with Crippen molar-refractivity contribution in [3.05, 3.63) is 50.8 Å². The molecule has 0 saturated carbocycles. The van der Waals surface area contributed by atoms with E-state index in [1.165, 1.54) is 5.56 Å². The average molecular weight is 375 g/mol. The lowest BCUT2D eigenvalue weighted by atomic mass is 10.2. The van der Waals surface area contributed by atoms with E-state index < -0.39 is 0 Å². The fourth-order valence-electron chi connectivity index (χ4n) is 1.65. The van der Waals surface area contributed by atoms with Crippen molar-refractivity contribution >= 4 is 31.9 Å². The number of ether oxygens (including phenoxy) is 1. The standard InChI is InChI=1S/C13H13Br2NO2/c1-17-13-11(14)5-9(6-12(13)15)7-16-8-10-3-2-4-18-10/h2-6,16H,7-8H2,1H3. The van der Waals surface area contributed by atoms with Gasteiger partial charge in [-0.15, -0.1) is 0 Å². The molecule has 0 aliphatic heterocycles. The highest BCUT2D eigenvalue weighted by atomic mass is 79.9. The molecule has 0 bridgehead atoms.